The molecule has 4 rings (SSSR count). The van der Waals surface area contributed by atoms with E-state index in [-0.39, 0.29) is 40.4 Å². The number of benzene rings is 1. The molecule has 0 bridgehead atoms. The first-order chi connectivity index (χ1) is 19.2. The Balaban J connectivity index is 1.63. The van der Waals surface area contributed by atoms with Crippen molar-refractivity contribution < 1.29 is 58.3 Å². The van der Waals surface area contributed by atoms with Crippen molar-refractivity contribution in [1.29, 1.82) is 0 Å². The minimum Gasteiger partial charge on any atom is -0.374 e. The molecule has 2 amide bonds. The molecule has 1 N–H and O–H groups in total. The van der Waals surface area contributed by atoms with Gasteiger partial charge in [-0.25, -0.2) is 4.39 Å². The van der Waals surface area contributed by atoms with Crippen molar-refractivity contribution in [3.63, 3.8) is 0 Å². The van der Waals surface area contributed by atoms with Crippen LogP contribution in [-0.2, 0) is 21.4 Å². The molecule has 2 aliphatic rings. The summed E-state index contributed by atoms with van der Waals surface area (Å²) in [6.07, 6.45) is -16.2. The molecule has 2 aliphatic heterocycles. The van der Waals surface area contributed by atoms with E-state index in [1.807, 2.05) is 0 Å². The highest BCUT2D eigenvalue weighted by molar-refractivity contribution is 7.16. The largest absolute Gasteiger partial charge is 0.435 e. The van der Waals surface area contributed by atoms with Crippen molar-refractivity contribution in [2.45, 2.75) is 56.4 Å². The number of carbonyl (C=O) groups excluding carboxylic acids is 2. The Morgan fingerprint density at radius 2 is 1.81 bits per heavy atom. The van der Waals surface area contributed by atoms with Crippen LogP contribution in [0.4, 0.5) is 43.9 Å². The van der Waals surface area contributed by atoms with Crippen LogP contribution in [0.5, 0.6) is 0 Å². The monoisotopic (exact) mass is 653 g/mol. The number of hydrogen-bond acceptors (Lipinski definition) is 5. The summed E-state index contributed by atoms with van der Waals surface area (Å²) < 4.78 is 135. The summed E-state index contributed by atoms with van der Waals surface area (Å²) in [7, 11) is 0. The fraction of sp³-hybridized carbons (Fsp3) is 0.458. The van der Waals surface area contributed by atoms with Gasteiger partial charge < -0.3 is 15.1 Å². The lowest BCUT2D eigenvalue weighted by Gasteiger charge is -2.30. The molecular weight excluding hydrogens is 636 g/mol. The van der Waals surface area contributed by atoms with Crippen LogP contribution in [0.1, 0.15) is 50.5 Å². The summed E-state index contributed by atoms with van der Waals surface area (Å²) in [5.41, 5.74) is -7.13. The van der Waals surface area contributed by atoms with Gasteiger partial charge in [-0.1, -0.05) is 16.8 Å². The van der Waals surface area contributed by atoms with Crippen molar-refractivity contribution in [3.05, 3.63) is 55.5 Å². The number of nitrogens with zero attached hydrogens (tertiary/aromatic N) is 2. The average molecular weight is 654 g/mol. The summed E-state index contributed by atoms with van der Waals surface area (Å²) in [5, 5.41) is 3.88. The third-order valence-corrected chi connectivity index (χ3v) is 8.20. The molecule has 3 heterocycles. The first-order valence-electron chi connectivity index (χ1n) is 11.9. The lowest BCUT2D eigenvalue weighted by Crippen LogP contribution is -2.47. The van der Waals surface area contributed by atoms with Crippen LogP contribution in [0.2, 0.25) is 5.02 Å². The standard InChI is InChI=1S/C24H18ClF10N3O3S/c1-10-5-16(42-18(10)20(40)38-4-2-3-15(38)19(39)36-9-22(27,28)29)14-8-21(41-37-14,24(33,34)35)12-6-11(23(30,31)32)7-13(25)17(12)26/h5-7,15H,2-4,8-9H2,1H3,(H,36,39)/t15-,21-/m1/s1. The highest BCUT2D eigenvalue weighted by Crippen LogP contribution is 2.51. The average Bonchev–Trinajstić information content (AvgIpc) is 3.60. The molecule has 2 aromatic rings. The normalized spacial score (nSPS) is 21.4. The van der Waals surface area contributed by atoms with E-state index in [9.17, 15) is 53.5 Å². The van der Waals surface area contributed by atoms with Gasteiger partial charge >= 0.3 is 18.5 Å². The van der Waals surface area contributed by atoms with Crippen molar-refractivity contribution in [1.82, 2.24) is 10.2 Å². The number of likely N-dealkylation sites (tertiary alicyclic amines) is 1. The number of thiophene rings is 1. The van der Waals surface area contributed by atoms with Gasteiger partial charge in [-0.05, 0) is 43.5 Å². The topological polar surface area (TPSA) is 71.0 Å². The third kappa shape index (κ3) is 6.02. The zero-order valence-corrected chi connectivity index (χ0v) is 22.6. The summed E-state index contributed by atoms with van der Waals surface area (Å²) in [6.45, 7) is -0.181. The molecule has 0 radical (unpaired) electrons. The number of alkyl halides is 9. The zero-order chi connectivity index (χ0) is 31.4. The Hall–Kier alpha value is -3.08. The molecule has 1 saturated heterocycles. The van der Waals surface area contributed by atoms with Crippen molar-refractivity contribution >= 4 is 40.5 Å². The smallest absolute Gasteiger partial charge is 0.374 e. The molecule has 1 aromatic heterocycles. The minimum absolute atomic E-state index is 0.0203. The van der Waals surface area contributed by atoms with Crippen LogP contribution in [0.3, 0.4) is 0 Å². The van der Waals surface area contributed by atoms with E-state index in [0.717, 1.165) is 4.90 Å². The number of nitrogens with one attached hydrogen (secondary N) is 1. The maximum absolute atomic E-state index is 14.8. The van der Waals surface area contributed by atoms with Crippen LogP contribution >= 0.6 is 22.9 Å². The van der Waals surface area contributed by atoms with Gasteiger partial charge in [0.05, 0.1) is 26.8 Å². The number of rotatable bonds is 5. The highest BCUT2D eigenvalue weighted by Gasteiger charge is 2.64. The second kappa shape index (κ2) is 10.9. The molecule has 2 atom stereocenters. The summed E-state index contributed by atoms with van der Waals surface area (Å²) in [6, 6.07) is 0.107. The van der Waals surface area contributed by atoms with Gasteiger partial charge in [0.2, 0.25) is 5.91 Å². The molecule has 0 unspecified atom stereocenters. The fourth-order valence-corrected chi connectivity index (χ4v) is 5.94. The SMILES string of the molecule is Cc1cc(C2=NO[C@](c3cc(C(F)(F)F)cc(Cl)c3F)(C(F)(F)F)C2)sc1C(=O)N1CCC[C@@H]1C(=O)NCC(F)(F)F. The quantitative estimate of drug-likeness (QED) is 0.364. The first kappa shape index (κ1) is 31.8. The van der Waals surface area contributed by atoms with Crippen molar-refractivity contribution in [2.24, 2.45) is 5.16 Å². The predicted molar refractivity (Wildman–Crippen MR) is 129 cm³/mol. The van der Waals surface area contributed by atoms with Gasteiger partial charge in [0.25, 0.3) is 11.5 Å². The summed E-state index contributed by atoms with van der Waals surface area (Å²) >= 11 is 6.13. The fourth-order valence-electron chi connectivity index (χ4n) is 4.62. The highest BCUT2D eigenvalue weighted by atomic mass is 35.5. The van der Waals surface area contributed by atoms with Gasteiger partial charge in [0.1, 0.15) is 24.1 Å². The third-order valence-electron chi connectivity index (χ3n) is 6.65. The summed E-state index contributed by atoms with van der Waals surface area (Å²) in [5.74, 6) is -3.59. The Kier molecular flexibility index (Phi) is 8.25. The van der Waals surface area contributed by atoms with Gasteiger partial charge in [-0.3, -0.25) is 9.59 Å². The van der Waals surface area contributed by atoms with Crippen LogP contribution in [0, 0.1) is 12.7 Å². The zero-order valence-electron chi connectivity index (χ0n) is 21.0. The Morgan fingerprint density at radius 1 is 1.14 bits per heavy atom. The van der Waals surface area contributed by atoms with Gasteiger partial charge in [0.15, 0.2) is 0 Å². The van der Waals surface area contributed by atoms with Gasteiger partial charge in [-0.2, -0.15) is 39.5 Å². The molecule has 0 saturated carbocycles. The van der Waals surface area contributed by atoms with Crippen LogP contribution in [-0.4, -0.2) is 53.9 Å². The predicted octanol–water partition coefficient (Wildman–Crippen LogP) is 6.73. The van der Waals surface area contributed by atoms with E-state index in [2.05, 4.69) is 9.99 Å². The number of amides is 2. The Morgan fingerprint density at radius 3 is 2.40 bits per heavy atom. The second-order valence-corrected chi connectivity index (χ2v) is 11.0. The van der Waals surface area contributed by atoms with E-state index >= 15 is 0 Å². The molecular formula is C24H18ClF10N3O3S. The number of hydrogen-bond donors (Lipinski definition) is 1. The molecule has 6 nitrogen and oxygen atoms in total. The summed E-state index contributed by atoms with van der Waals surface area (Å²) in [4.78, 5) is 31.1. The molecule has 0 aliphatic carbocycles. The lowest BCUT2D eigenvalue weighted by atomic mass is 9.86. The Labute approximate surface area is 239 Å². The van der Waals surface area contributed by atoms with Crippen molar-refractivity contribution in [3.8, 4) is 0 Å². The first-order valence-corrected chi connectivity index (χ1v) is 13.1. The van der Waals surface area contributed by atoms with E-state index in [1.165, 1.54) is 13.0 Å². The van der Waals surface area contributed by atoms with E-state index < -0.39 is 82.6 Å². The van der Waals surface area contributed by atoms with E-state index in [4.69, 9.17) is 11.6 Å². The van der Waals surface area contributed by atoms with E-state index in [0.29, 0.717) is 17.8 Å². The van der Waals surface area contributed by atoms with Gasteiger partial charge in [0, 0.05) is 12.1 Å². The number of oxime groups is 1. The number of carbonyl (C=O) groups is 2. The molecule has 42 heavy (non-hydrogen) atoms. The molecule has 1 fully saturated rings. The van der Waals surface area contributed by atoms with Crippen LogP contribution < -0.4 is 5.32 Å². The molecule has 230 valence electrons. The Bertz CT molecular complexity index is 1440. The maximum atomic E-state index is 14.8. The van der Waals surface area contributed by atoms with Crippen LogP contribution in [0.15, 0.2) is 23.4 Å². The number of halogens is 11. The van der Waals surface area contributed by atoms with E-state index in [1.54, 1.807) is 5.32 Å². The van der Waals surface area contributed by atoms with Gasteiger partial charge in [-0.15, -0.1) is 11.3 Å². The molecule has 1 aromatic carbocycles. The second-order valence-electron chi connectivity index (χ2n) is 9.56. The lowest BCUT2D eigenvalue weighted by molar-refractivity contribution is -0.276. The maximum Gasteiger partial charge on any atom is 0.435 e. The molecule has 0 spiro atoms. The van der Waals surface area contributed by atoms with Crippen molar-refractivity contribution in [2.75, 3.05) is 13.1 Å². The minimum atomic E-state index is -5.48. The number of aryl methyl sites for hydroxylation is 1. The molecule has 18 heteroatoms. The van der Waals surface area contributed by atoms with Crippen LogP contribution in [0.25, 0.3) is 0 Å².